The maximum Gasteiger partial charge on any atom is 0.242 e. The molecular formula is C26H36ClN3O6S. The Bertz CT molecular complexity index is 1160. The van der Waals surface area contributed by atoms with E-state index in [0.29, 0.717) is 30.2 Å². The van der Waals surface area contributed by atoms with Gasteiger partial charge in [0.05, 0.1) is 31.2 Å². The highest BCUT2D eigenvalue weighted by Crippen LogP contribution is 2.30. The van der Waals surface area contributed by atoms with Gasteiger partial charge in [0.15, 0.2) is 0 Å². The van der Waals surface area contributed by atoms with Crippen molar-refractivity contribution in [2.45, 2.75) is 45.7 Å². The number of nitrogens with one attached hydrogen (secondary N) is 1. The highest BCUT2D eigenvalue weighted by atomic mass is 35.5. The minimum Gasteiger partial charge on any atom is -0.497 e. The Morgan fingerprint density at radius 1 is 1.05 bits per heavy atom. The molecule has 11 heteroatoms. The molecule has 0 aliphatic carbocycles. The number of ether oxygens (including phenoxy) is 2. The third-order valence-corrected chi connectivity index (χ3v) is 7.31. The maximum absolute atomic E-state index is 13.4. The molecule has 0 spiro atoms. The van der Waals surface area contributed by atoms with Crippen LogP contribution in [0.5, 0.6) is 11.5 Å². The van der Waals surface area contributed by atoms with Gasteiger partial charge in [-0.05, 0) is 55.7 Å². The Morgan fingerprint density at radius 3 is 2.24 bits per heavy atom. The van der Waals surface area contributed by atoms with Crippen LogP contribution in [-0.2, 0) is 26.2 Å². The quantitative estimate of drug-likeness (QED) is 0.381. The summed E-state index contributed by atoms with van der Waals surface area (Å²) in [5, 5.41) is 3.08. The predicted molar refractivity (Wildman–Crippen MR) is 146 cm³/mol. The second-order valence-electron chi connectivity index (χ2n) is 8.45. The molecule has 0 fully saturated rings. The number of sulfonamides is 1. The van der Waals surface area contributed by atoms with E-state index in [1.54, 1.807) is 36.3 Å². The number of carbonyl (C=O) groups excluding carboxylic acids is 2. The summed E-state index contributed by atoms with van der Waals surface area (Å²) in [7, 11) is -0.585. The van der Waals surface area contributed by atoms with Crippen LogP contribution in [0.1, 0.15) is 38.7 Å². The fraction of sp³-hybridized carbons (Fsp3) is 0.462. The van der Waals surface area contributed by atoms with Gasteiger partial charge in [0.2, 0.25) is 21.8 Å². The molecular weight excluding hydrogens is 518 g/mol. The van der Waals surface area contributed by atoms with Crippen molar-refractivity contribution in [3.05, 3.63) is 53.1 Å². The average molecular weight is 554 g/mol. The molecule has 0 bridgehead atoms. The van der Waals surface area contributed by atoms with E-state index in [0.717, 1.165) is 11.8 Å². The van der Waals surface area contributed by atoms with Crippen molar-refractivity contribution in [2.75, 3.05) is 37.9 Å². The largest absolute Gasteiger partial charge is 0.497 e. The molecule has 1 N–H and O–H groups in total. The van der Waals surface area contributed by atoms with Gasteiger partial charge in [-0.1, -0.05) is 30.7 Å². The summed E-state index contributed by atoms with van der Waals surface area (Å²) < 4.78 is 36.6. The molecule has 0 aromatic heterocycles. The van der Waals surface area contributed by atoms with Crippen LogP contribution < -0.4 is 19.1 Å². The molecule has 9 nitrogen and oxygen atoms in total. The first-order chi connectivity index (χ1) is 17.5. The van der Waals surface area contributed by atoms with E-state index in [2.05, 4.69) is 5.32 Å². The van der Waals surface area contributed by atoms with Crippen LogP contribution in [-0.4, -0.2) is 64.7 Å². The fourth-order valence-electron chi connectivity index (χ4n) is 3.95. The Balaban J connectivity index is 2.22. The molecule has 0 aliphatic rings. The van der Waals surface area contributed by atoms with Gasteiger partial charge in [0, 0.05) is 26.1 Å². The van der Waals surface area contributed by atoms with Gasteiger partial charge in [0.1, 0.15) is 17.5 Å². The molecule has 1 unspecified atom stereocenters. The molecule has 2 aromatic rings. The van der Waals surface area contributed by atoms with E-state index < -0.39 is 16.1 Å². The van der Waals surface area contributed by atoms with E-state index in [1.807, 2.05) is 26.0 Å². The lowest BCUT2D eigenvalue weighted by atomic mass is 10.1. The van der Waals surface area contributed by atoms with Crippen LogP contribution in [0.15, 0.2) is 42.5 Å². The normalized spacial score (nSPS) is 11.9. The summed E-state index contributed by atoms with van der Waals surface area (Å²) >= 11 is 6.20. The monoisotopic (exact) mass is 553 g/mol. The van der Waals surface area contributed by atoms with Gasteiger partial charge in [-0.15, -0.1) is 0 Å². The third kappa shape index (κ3) is 8.53. The Hall–Kier alpha value is -2.98. The smallest absolute Gasteiger partial charge is 0.242 e. The van der Waals surface area contributed by atoms with Gasteiger partial charge in [-0.25, -0.2) is 8.42 Å². The van der Waals surface area contributed by atoms with Gasteiger partial charge >= 0.3 is 0 Å². The SMILES string of the molecule is CCNC(=O)C(CC)N(Cc1ccc(OC)cc1)C(=O)CCCN(c1ccc(OC)c(Cl)c1)S(C)(=O)=O. The Labute approximate surface area is 224 Å². The Morgan fingerprint density at radius 2 is 1.73 bits per heavy atom. The van der Waals surface area contributed by atoms with Crippen LogP contribution in [0.25, 0.3) is 0 Å². The number of methoxy groups -OCH3 is 2. The zero-order valence-electron chi connectivity index (χ0n) is 22.0. The number of rotatable bonds is 14. The third-order valence-electron chi connectivity index (χ3n) is 5.82. The topological polar surface area (TPSA) is 105 Å². The molecule has 2 aromatic carbocycles. The van der Waals surface area contributed by atoms with Crippen molar-refractivity contribution in [3.8, 4) is 11.5 Å². The molecule has 0 radical (unpaired) electrons. The van der Waals surface area contributed by atoms with Gasteiger partial charge in [0.25, 0.3) is 0 Å². The number of hydrogen-bond donors (Lipinski definition) is 1. The first kappa shape index (κ1) is 30.2. The van der Waals surface area contributed by atoms with Crippen molar-refractivity contribution >= 4 is 39.1 Å². The lowest BCUT2D eigenvalue weighted by Gasteiger charge is -2.31. The second kappa shape index (κ2) is 14.1. The van der Waals surface area contributed by atoms with Crippen molar-refractivity contribution in [3.63, 3.8) is 0 Å². The van der Waals surface area contributed by atoms with E-state index >= 15 is 0 Å². The molecule has 204 valence electrons. The minimum atomic E-state index is -3.64. The minimum absolute atomic E-state index is 0.0575. The molecule has 0 aliphatic heterocycles. The van der Waals surface area contributed by atoms with Crippen molar-refractivity contribution in [1.29, 1.82) is 0 Å². The number of anilines is 1. The summed E-state index contributed by atoms with van der Waals surface area (Å²) in [6, 6.07) is 11.4. The van der Waals surface area contributed by atoms with Gasteiger partial charge < -0.3 is 19.7 Å². The predicted octanol–water partition coefficient (Wildman–Crippen LogP) is 3.85. The molecule has 2 rings (SSSR count). The number of nitrogens with zero attached hydrogens (tertiary/aromatic N) is 2. The molecule has 1 atom stereocenters. The second-order valence-corrected chi connectivity index (χ2v) is 10.8. The number of hydrogen-bond acceptors (Lipinski definition) is 6. The summed E-state index contributed by atoms with van der Waals surface area (Å²) in [5.41, 5.74) is 1.23. The molecule has 0 heterocycles. The average Bonchev–Trinajstić information content (AvgIpc) is 2.86. The van der Waals surface area contributed by atoms with Crippen LogP contribution >= 0.6 is 11.6 Å². The summed E-state index contributed by atoms with van der Waals surface area (Å²) in [5.74, 6) is 0.656. The summed E-state index contributed by atoms with van der Waals surface area (Å²) in [6.45, 7) is 4.44. The number of likely N-dealkylation sites (N-methyl/N-ethyl adjacent to an activating group) is 1. The lowest BCUT2D eigenvalue weighted by Crippen LogP contribution is -2.49. The number of amides is 2. The van der Waals surface area contributed by atoms with Crippen molar-refractivity contribution in [2.24, 2.45) is 0 Å². The van der Waals surface area contributed by atoms with E-state index in [9.17, 15) is 18.0 Å². The summed E-state index contributed by atoms with van der Waals surface area (Å²) in [6.07, 6.45) is 1.85. The first-order valence-corrected chi connectivity index (χ1v) is 14.3. The number of benzene rings is 2. The van der Waals surface area contributed by atoms with Crippen molar-refractivity contribution in [1.82, 2.24) is 10.2 Å². The van der Waals surface area contributed by atoms with E-state index in [-0.39, 0.29) is 42.8 Å². The standard InChI is InChI=1S/C26H36ClN3O6S/c1-6-23(26(32)28-7-2)29(18-19-10-13-21(35-3)14-11-19)25(31)9-8-16-30(37(5,33)34)20-12-15-24(36-4)22(27)17-20/h10-15,17,23H,6-9,16,18H2,1-5H3,(H,28,32). The van der Waals surface area contributed by atoms with E-state index in [4.69, 9.17) is 21.1 Å². The zero-order chi connectivity index (χ0) is 27.6. The van der Waals surface area contributed by atoms with Crippen LogP contribution in [0.4, 0.5) is 5.69 Å². The number of carbonyl (C=O) groups is 2. The Kier molecular flexibility index (Phi) is 11.5. The van der Waals surface area contributed by atoms with Gasteiger partial charge in [-0.3, -0.25) is 13.9 Å². The maximum atomic E-state index is 13.4. The highest BCUT2D eigenvalue weighted by molar-refractivity contribution is 7.92. The highest BCUT2D eigenvalue weighted by Gasteiger charge is 2.28. The van der Waals surface area contributed by atoms with Crippen LogP contribution in [0.3, 0.4) is 0 Å². The number of halogens is 1. The van der Waals surface area contributed by atoms with E-state index in [1.165, 1.54) is 17.5 Å². The molecule has 0 saturated carbocycles. The first-order valence-electron chi connectivity index (χ1n) is 12.1. The summed E-state index contributed by atoms with van der Waals surface area (Å²) in [4.78, 5) is 27.7. The fourth-order valence-corrected chi connectivity index (χ4v) is 5.16. The zero-order valence-corrected chi connectivity index (χ0v) is 23.6. The van der Waals surface area contributed by atoms with Crippen molar-refractivity contribution < 1.29 is 27.5 Å². The lowest BCUT2D eigenvalue weighted by molar-refractivity contribution is -0.141. The molecule has 2 amide bonds. The van der Waals surface area contributed by atoms with Crippen LogP contribution in [0.2, 0.25) is 5.02 Å². The van der Waals surface area contributed by atoms with Crippen LogP contribution in [0, 0.1) is 0 Å². The molecule has 37 heavy (non-hydrogen) atoms. The van der Waals surface area contributed by atoms with Gasteiger partial charge in [-0.2, -0.15) is 0 Å². The molecule has 0 saturated heterocycles.